The molecule has 0 unspecified atom stereocenters. The van der Waals surface area contributed by atoms with Crippen LogP contribution >= 0.6 is 11.6 Å². The van der Waals surface area contributed by atoms with Gasteiger partial charge < -0.3 is 4.74 Å². The maximum atomic E-state index is 11.5. The standard InChI is InChI=1S/C12H10ClN3O2/c1-18-12(17)9-4-5-11-14-8-3-2-7(13)6-10(8)16(11)15-9/h2-3,6H,4-5H2,1H3. The van der Waals surface area contributed by atoms with Crippen LogP contribution in [0.5, 0.6) is 0 Å². The number of esters is 1. The van der Waals surface area contributed by atoms with Crippen molar-refractivity contribution in [2.45, 2.75) is 12.8 Å². The summed E-state index contributed by atoms with van der Waals surface area (Å²) in [5, 5.41) is 4.90. The lowest BCUT2D eigenvalue weighted by atomic mass is 10.2. The Bertz CT molecular complexity index is 675. The van der Waals surface area contributed by atoms with Gasteiger partial charge in [0.2, 0.25) is 0 Å². The fourth-order valence-electron chi connectivity index (χ4n) is 2.02. The van der Waals surface area contributed by atoms with Crippen molar-refractivity contribution in [1.82, 2.24) is 9.66 Å². The van der Waals surface area contributed by atoms with E-state index in [2.05, 4.69) is 14.8 Å². The second-order valence-corrected chi connectivity index (χ2v) is 4.45. The summed E-state index contributed by atoms with van der Waals surface area (Å²) < 4.78 is 6.35. The third-order valence-corrected chi connectivity index (χ3v) is 3.12. The van der Waals surface area contributed by atoms with Crippen molar-refractivity contribution < 1.29 is 9.53 Å². The topological polar surface area (TPSA) is 56.5 Å². The van der Waals surface area contributed by atoms with E-state index in [0.29, 0.717) is 23.6 Å². The first-order valence-electron chi connectivity index (χ1n) is 5.52. The van der Waals surface area contributed by atoms with E-state index in [-0.39, 0.29) is 0 Å². The number of nitrogens with zero attached hydrogens (tertiary/aromatic N) is 3. The number of aryl methyl sites for hydroxylation is 1. The zero-order valence-electron chi connectivity index (χ0n) is 9.68. The first-order chi connectivity index (χ1) is 8.69. The maximum absolute atomic E-state index is 11.5. The minimum atomic E-state index is -0.399. The van der Waals surface area contributed by atoms with Crippen molar-refractivity contribution in [3.8, 4) is 0 Å². The maximum Gasteiger partial charge on any atom is 0.354 e. The highest BCUT2D eigenvalue weighted by atomic mass is 35.5. The Morgan fingerprint density at radius 1 is 1.44 bits per heavy atom. The third-order valence-electron chi connectivity index (χ3n) is 2.89. The molecule has 0 saturated carbocycles. The largest absolute Gasteiger partial charge is 0.464 e. The molecule has 18 heavy (non-hydrogen) atoms. The molecule has 0 bridgehead atoms. The van der Waals surface area contributed by atoms with Gasteiger partial charge in [0, 0.05) is 17.9 Å². The number of halogens is 1. The van der Waals surface area contributed by atoms with E-state index in [4.69, 9.17) is 11.6 Å². The summed E-state index contributed by atoms with van der Waals surface area (Å²) in [5.41, 5.74) is 2.03. The normalized spacial score (nSPS) is 14.2. The molecule has 6 heteroatoms. The van der Waals surface area contributed by atoms with Gasteiger partial charge in [-0.3, -0.25) is 0 Å². The Labute approximate surface area is 108 Å². The predicted octanol–water partition coefficient (Wildman–Crippen LogP) is 2.01. The SMILES string of the molecule is COC(=O)C1=Nn2c(nc3ccc(Cl)cc32)CC1. The first kappa shape index (κ1) is 11.2. The van der Waals surface area contributed by atoms with Crippen molar-refractivity contribution >= 4 is 34.3 Å². The lowest BCUT2D eigenvalue weighted by Crippen LogP contribution is -2.22. The summed E-state index contributed by atoms with van der Waals surface area (Å²) in [6.07, 6.45) is 1.21. The molecule has 2 aromatic rings. The van der Waals surface area contributed by atoms with Crippen LogP contribution < -0.4 is 0 Å². The van der Waals surface area contributed by atoms with Crippen LogP contribution in [-0.2, 0) is 16.0 Å². The fraction of sp³-hybridized carbons (Fsp3) is 0.250. The van der Waals surface area contributed by atoms with Gasteiger partial charge in [-0.2, -0.15) is 5.10 Å². The number of ether oxygens (including phenoxy) is 1. The van der Waals surface area contributed by atoms with E-state index in [1.165, 1.54) is 7.11 Å². The Balaban J connectivity index is 2.19. The van der Waals surface area contributed by atoms with Gasteiger partial charge in [0.25, 0.3) is 0 Å². The number of imidazole rings is 1. The van der Waals surface area contributed by atoms with Crippen LogP contribution in [0.15, 0.2) is 23.3 Å². The molecular weight excluding hydrogens is 254 g/mol. The number of aromatic nitrogens is 2. The van der Waals surface area contributed by atoms with Crippen molar-refractivity contribution in [1.29, 1.82) is 0 Å². The fourth-order valence-corrected chi connectivity index (χ4v) is 2.19. The summed E-state index contributed by atoms with van der Waals surface area (Å²) in [6.45, 7) is 0. The van der Waals surface area contributed by atoms with Crippen LogP contribution in [0.3, 0.4) is 0 Å². The number of fused-ring (bicyclic) bond motifs is 3. The highest BCUT2D eigenvalue weighted by molar-refractivity contribution is 6.36. The van der Waals surface area contributed by atoms with Crippen molar-refractivity contribution in [3.05, 3.63) is 29.0 Å². The Hall–Kier alpha value is -1.88. The number of carbonyl (C=O) groups is 1. The van der Waals surface area contributed by atoms with Crippen LogP contribution in [0.1, 0.15) is 12.2 Å². The average Bonchev–Trinajstić information content (AvgIpc) is 2.75. The number of rotatable bonds is 1. The monoisotopic (exact) mass is 263 g/mol. The highest BCUT2D eigenvalue weighted by Gasteiger charge is 2.21. The van der Waals surface area contributed by atoms with Gasteiger partial charge in [-0.05, 0) is 18.2 Å². The minimum absolute atomic E-state index is 0.399. The summed E-state index contributed by atoms with van der Waals surface area (Å²) in [7, 11) is 1.35. The van der Waals surface area contributed by atoms with Gasteiger partial charge in [0.1, 0.15) is 11.5 Å². The van der Waals surface area contributed by atoms with E-state index in [0.717, 1.165) is 16.9 Å². The van der Waals surface area contributed by atoms with Gasteiger partial charge in [0.05, 0.1) is 18.1 Å². The lowest BCUT2D eigenvalue weighted by Gasteiger charge is -2.11. The molecule has 1 aliphatic rings. The number of benzene rings is 1. The Kier molecular flexibility index (Phi) is 2.56. The molecule has 1 aliphatic heterocycles. The van der Waals surface area contributed by atoms with Gasteiger partial charge in [-0.15, -0.1) is 0 Å². The van der Waals surface area contributed by atoms with Crippen LogP contribution in [0, 0.1) is 0 Å². The minimum Gasteiger partial charge on any atom is -0.464 e. The van der Waals surface area contributed by atoms with Crippen molar-refractivity contribution in [3.63, 3.8) is 0 Å². The molecule has 1 aromatic carbocycles. The second-order valence-electron chi connectivity index (χ2n) is 4.01. The average molecular weight is 264 g/mol. The molecule has 1 aromatic heterocycles. The molecule has 0 fully saturated rings. The summed E-state index contributed by atoms with van der Waals surface area (Å²) in [4.78, 5) is 15.9. The van der Waals surface area contributed by atoms with Crippen molar-refractivity contribution in [2.75, 3.05) is 7.11 Å². The van der Waals surface area contributed by atoms with E-state index in [9.17, 15) is 4.79 Å². The highest BCUT2D eigenvalue weighted by Crippen LogP contribution is 2.23. The molecular formula is C12H10ClN3O2. The zero-order chi connectivity index (χ0) is 12.7. The lowest BCUT2D eigenvalue weighted by molar-refractivity contribution is -0.132. The molecule has 5 nitrogen and oxygen atoms in total. The number of hydrogen-bond donors (Lipinski definition) is 0. The molecule has 92 valence electrons. The number of hydrogen-bond acceptors (Lipinski definition) is 4. The Morgan fingerprint density at radius 2 is 2.28 bits per heavy atom. The molecule has 3 rings (SSSR count). The summed E-state index contributed by atoms with van der Waals surface area (Å²) in [6, 6.07) is 5.42. The molecule has 0 N–H and O–H groups in total. The van der Waals surface area contributed by atoms with Crippen molar-refractivity contribution in [2.24, 2.45) is 5.10 Å². The predicted molar refractivity (Wildman–Crippen MR) is 67.9 cm³/mol. The Morgan fingerprint density at radius 3 is 3.06 bits per heavy atom. The smallest absolute Gasteiger partial charge is 0.354 e. The molecule has 0 amide bonds. The van der Waals surface area contributed by atoms with Gasteiger partial charge in [0.15, 0.2) is 0 Å². The quantitative estimate of drug-likeness (QED) is 0.740. The first-order valence-corrected chi connectivity index (χ1v) is 5.90. The van der Waals surface area contributed by atoms with E-state index >= 15 is 0 Å². The van der Waals surface area contributed by atoms with Crippen LogP contribution in [0.4, 0.5) is 0 Å². The van der Waals surface area contributed by atoms with Crippen LogP contribution in [0.2, 0.25) is 5.02 Å². The second kappa shape index (κ2) is 4.10. The van der Waals surface area contributed by atoms with Crippen LogP contribution in [-0.4, -0.2) is 28.5 Å². The van der Waals surface area contributed by atoms with E-state index in [1.54, 1.807) is 16.8 Å². The molecule has 0 atom stereocenters. The zero-order valence-corrected chi connectivity index (χ0v) is 10.4. The third kappa shape index (κ3) is 1.67. The van der Waals surface area contributed by atoms with Gasteiger partial charge in [-0.25, -0.2) is 14.5 Å². The summed E-state index contributed by atoms with van der Waals surface area (Å²) in [5.74, 6) is 0.435. The molecule has 0 radical (unpaired) electrons. The van der Waals surface area contributed by atoms with Gasteiger partial charge >= 0.3 is 5.97 Å². The van der Waals surface area contributed by atoms with Crippen LogP contribution in [0.25, 0.3) is 11.0 Å². The molecule has 0 spiro atoms. The number of carbonyl (C=O) groups excluding carboxylic acids is 1. The van der Waals surface area contributed by atoms with E-state index in [1.807, 2.05) is 6.07 Å². The molecule has 0 saturated heterocycles. The van der Waals surface area contributed by atoms with E-state index < -0.39 is 5.97 Å². The molecule has 2 heterocycles. The number of methoxy groups -OCH3 is 1. The van der Waals surface area contributed by atoms with Gasteiger partial charge in [-0.1, -0.05) is 11.6 Å². The molecule has 0 aliphatic carbocycles. The summed E-state index contributed by atoms with van der Waals surface area (Å²) >= 11 is 5.96.